The van der Waals surface area contributed by atoms with Crippen molar-refractivity contribution in [2.45, 2.75) is 13.1 Å². The van der Waals surface area contributed by atoms with Gasteiger partial charge in [0.2, 0.25) is 5.11 Å². The highest BCUT2D eigenvalue weighted by molar-refractivity contribution is 7.80. The fourth-order valence-corrected chi connectivity index (χ4v) is 1.99. The number of hydrazine groups is 2. The van der Waals surface area contributed by atoms with Crippen LogP contribution in [0, 0.1) is 0 Å². The van der Waals surface area contributed by atoms with Gasteiger partial charge in [-0.1, -0.05) is 60.7 Å². The number of benzene rings is 2. The van der Waals surface area contributed by atoms with Crippen molar-refractivity contribution in [3.8, 4) is 0 Å². The molecule has 0 unspecified atom stereocenters. The van der Waals surface area contributed by atoms with Gasteiger partial charge in [0, 0.05) is 0 Å². The van der Waals surface area contributed by atoms with Gasteiger partial charge in [0.1, 0.15) is 0 Å². The minimum absolute atomic E-state index is 0.415. The Kier molecular flexibility index (Phi) is 5.06. The molecule has 0 saturated carbocycles. The molecule has 0 spiro atoms. The molecule has 2 rings (SSSR count). The van der Waals surface area contributed by atoms with Crippen LogP contribution in [0.3, 0.4) is 0 Å². The third kappa shape index (κ3) is 4.03. The summed E-state index contributed by atoms with van der Waals surface area (Å²) in [6.45, 7) is 1.06. The molecule has 0 fully saturated rings. The molecular weight excluding hydrogens is 268 g/mol. The van der Waals surface area contributed by atoms with Crippen LogP contribution in [0.4, 0.5) is 0 Å². The van der Waals surface area contributed by atoms with Gasteiger partial charge in [-0.3, -0.25) is 10.0 Å². The van der Waals surface area contributed by atoms with E-state index in [0.717, 1.165) is 11.1 Å². The molecule has 0 heterocycles. The maximum atomic E-state index is 5.97. The minimum Gasteiger partial charge on any atom is -0.282 e. The van der Waals surface area contributed by atoms with Gasteiger partial charge in [-0.2, -0.15) is 0 Å². The first-order valence-corrected chi connectivity index (χ1v) is 6.74. The second-order valence-electron chi connectivity index (χ2n) is 4.51. The molecule has 20 heavy (non-hydrogen) atoms. The monoisotopic (exact) mass is 286 g/mol. The number of rotatable bonds is 4. The summed E-state index contributed by atoms with van der Waals surface area (Å²) < 4.78 is 0. The Morgan fingerprint density at radius 1 is 0.750 bits per heavy atom. The van der Waals surface area contributed by atoms with Gasteiger partial charge in [0.05, 0.1) is 13.1 Å². The highest BCUT2D eigenvalue weighted by Gasteiger charge is 2.11. The van der Waals surface area contributed by atoms with Crippen molar-refractivity contribution < 1.29 is 0 Å². The second-order valence-corrected chi connectivity index (χ2v) is 4.87. The van der Waals surface area contributed by atoms with E-state index in [2.05, 4.69) is 0 Å². The molecule has 2 aromatic carbocycles. The van der Waals surface area contributed by atoms with Gasteiger partial charge < -0.3 is 0 Å². The lowest BCUT2D eigenvalue weighted by atomic mass is 10.2. The van der Waals surface area contributed by atoms with Crippen LogP contribution < -0.4 is 11.7 Å². The third-order valence-corrected chi connectivity index (χ3v) is 3.35. The Bertz CT molecular complexity index is 495. The first-order chi connectivity index (χ1) is 9.66. The quantitative estimate of drug-likeness (QED) is 0.511. The Labute approximate surface area is 124 Å². The average molecular weight is 286 g/mol. The number of thiocarbonyl (C=S) groups is 1. The third-order valence-electron chi connectivity index (χ3n) is 2.88. The summed E-state index contributed by atoms with van der Waals surface area (Å²) in [5.74, 6) is 11.9. The molecule has 0 saturated heterocycles. The van der Waals surface area contributed by atoms with Crippen molar-refractivity contribution >= 4 is 17.3 Å². The summed E-state index contributed by atoms with van der Waals surface area (Å²) in [5, 5.41) is 3.37. The predicted octanol–water partition coefficient (Wildman–Crippen LogP) is 2.02. The van der Waals surface area contributed by atoms with Crippen LogP contribution in [0.25, 0.3) is 0 Å². The number of nitrogens with two attached hydrogens (primary N) is 2. The van der Waals surface area contributed by atoms with Gasteiger partial charge in [0.25, 0.3) is 0 Å². The molecular formula is C15H18N4S. The Morgan fingerprint density at radius 3 is 1.45 bits per heavy atom. The molecule has 0 aliphatic carbocycles. The maximum Gasteiger partial charge on any atom is 0.200 e. The van der Waals surface area contributed by atoms with Crippen LogP contribution in [0.1, 0.15) is 11.1 Å². The lowest BCUT2D eigenvalue weighted by molar-refractivity contribution is 0.330. The molecule has 0 aliphatic rings. The molecule has 5 heteroatoms. The molecule has 4 N–H and O–H groups in total. The molecule has 0 radical (unpaired) electrons. The van der Waals surface area contributed by atoms with E-state index >= 15 is 0 Å². The molecule has 0 atom stereocenters. The molecule has 0 aliphatic heterocycles. The SMILES string of the molecule is NN(Cc1ccccc1)C(=S)N(N)Cc1ccccc1. The van der Waals surface area contributed by atoms with Crippen molar-refractivity contribution in [2.24, 2.45) is 11.7 Å². The lowest BCUT2D eigenvalue weighted by Crippen LogP contribution is -2.49. The Balaban J connectivity index is 1.93. The molecule has 2 aromatic rings. The van der Waals surface area contributed by atoms with E-state index in [4.69, 9.17) is 23.9 Å². The van der Waals surface area contributed by atoms with E-state index in [1.807, 2.05) is 60.7 Å². The zero-order valence-electron chi connectivity index (χ0n) is 11.1. The van der Waals surface area contributed by atoms with Crippen LogP contribution in [0.2, 0.25) is 0 Å². The van der Waals surface area contributed by atoms with Crippen LogP contribution in [0.15, 0.2) is 60.7 Å². The van der Waals surface area contributed by atoms with Crippen molar-refractivity contribution in [3.05, 3.63) is 71.8 Å². The zero-order chi connectivity index (χ0) is 14.4. The van der Waals surface area contributed by atoms with E-state index in [1.54, 1.807) is 0 Å². The number of hydrogen-bond donors (Lipinski definition) is 2. The molecule has 104 valence electrons. The van der Waals surface area contributed by atoms with Crippen molar-refractivity contribution in [1.29, 1.82) is 0 Å². The van der Waals surface area contributed by atoms with Gasteiger partial charge in [-0.25, -0.2) is 11.7 Å². The van der Waals surface area contributed by atoms with Gasteiger partial charge in [-0.15, -0.1) is 0 Å². The summed E-state index contributed by atoms with van der Waals surface area (Å²) >= 11 is 5.30. The van der Waals surface area contributed by atoms with Crippen LogP contribution in [-0.2, 0) is 13.1 Å². The van der Waals surface area contributed by atoms with Gasteiger partial charge in [0.15, 0.2) is 0 Å². The van der Waals surface area contributed by atoms with Gasteiger partial charge >= 0.3 is 0 Å². The van der Waals surface area contributed by atoms with Crippen molar-refractivity contribution in [3.63, 3.8) is 0 Å². The minimum atomic E-state index is 0.415. The number of nitrogens with zero attached hydrogens (tertiary/aromatic N) is 2. The average Bonchev–Trinajstić information content (AvgIpc) is 2.48. The van der Waals surface area contributed by atoms with E-state index in [0.29, 0.717) is 18.2 Å². The zero-order valence-corrected chi connectivity index (χ0v) is 12.0. The largest absolute Gasteiger partial charge is 0.282 e. The first-order valence-electron chi connectivity index (χ1n) is 6.33. The number of hydrogen-bond acceptors (Lipinski definition) is 3. The first kappa shape index (κ1) is 14.5. The highest BCUT2D eigenvalue weighted by atomic mass is 32.1. The summed E-state index contributed by atoms with van der Waals surface area (Å²) in [4.78, 5) is 0. The topological polar surface area (TPSA) is 58.5 Å². The summed E-state index contributed by atoms with van der Waals surface area (Å²) in [6.07, 6.45) is 0. The molecule has 0 amide bonds. The van der Waals surface area contributed by atoms with Crippen LogP contribution in [-0.4, -0.2) is 15.1 Å². The Hall–Kier alpha value is -1.95. The predicted molar refractivity (Wildman–Crippen MR) is 84.9 cm³/mol. The van der Waals surface area contributed by atoms with Gasteiger partial charge in [-0.05, 0) is 23.3 Å². The normalized spacial score (nSPS) is 10.1. The molecule has 0 bridgehead atoms. The fraction of sp³-hybridized carbons (Fsp3) is 0.133. The van der Waals surface area contributed by atoms with E-state index < -0.39 is 0 Å². The van der Waals surface area contributed by atoms with E-state index in [9.17, 15) is 0 Å². The van der Waals surface area contributed by atoms with Crippen LogP contribution in [0.5, 0.6) is 0 Å². The van der Waals surface area contributed by atoms with Crippen molar-refractivity contribution in [1.82, 2.24) is 10.0 Å². The second kappa shape index (κ2) is 7.00. The highest BCUT2D eigenvalue weighted by Crippen LogP contribution is 2.06. The lowest BCUT2D eigenvalue weighted by Gasteiger charge is -2.27. The molecule has 4 nitrogen and oxygen atoms in total. The van der Waals surface area contributed by atoms with E-state index in [-0.39, 0.29) is 0 Å². The standard InChI is InChI=1S/C15H18N4S/c16-18(11-13-7-3-1-4-8-13)15(20)19(17)12-14-9-5-2-6-10-14/h1-10H,11-12,16-17H2. The van der Waals surface area contributed by atoms with E-state index in [1.165, 1.54) is 10.0 Å². The summed E-state index contributed by atoms with van der Waals surface area (Å²) in [7, 11) is 0. The molecule has 0 aromatic heterocycles. The summed E-state index contributed by atoms with van der Waals surface area (Å²) in [6, 6.07) is 19.8. The van der Waals surface area contributed by atoms with Crippen molar-refractivity contribution in [2.75, 3.05) is 0 Å². The maximum absolute atomic E-state index is 5.97. The summed E-state index contributed by atoms with van der Waals surface area (Å²) in [5.41, 5.74) is 2.18. The Morgan fingerprint density at radius 2 is 1.10 bits per heavy atom. The smallest absolute Gasteiger partial charge is 0.200 e. The van der Waals surface area contributed by atoms with Crippen LogP contribution >= 0.6 is 12.2 Å². The fourth-order valence-electron chi connectivity index (χ4n) is 1.86.